The molecule has 0 aliphatic carbocycles. The number of carbonyl (C=O) groups excluding carboxylic acids is 1. The largest absolute Gasteiger partial charge is 0.508 e. The quantitative estimate of drug-likeness (QED) is 0.919. The molecular weight excluding hydrogens is 270 g/mol. The zero-order valence-electron chi connectivity index (χ0n) is 11.0. The summed E-state index contributed by atoms with van der Waals surface area (Å²) in [4.78, 5) is 14.9. The molecule has 1 aromatic carbocycles. The number of phenolic OH excluding ortho intramolecular Hbond substituents is 1. The lowest BCUT2D eigenvalue weighted by Crippen LogP contribution is -2.34. The van der Waals surface area contributed by atoms with E-state index in [2.05, 4.69) is 6.08 Å². The van der Waals surface area contributed by atoms with E-state index in [9.17, 15) is 9.90 Å². The Labute approximate surface area is 121 Å². The van der Waals surface area contributed by atoms with Crippen LogP contribution < -0.4 is 0 Å². The number of amides is 1. The molecule has 4 heteroatoms. The first-order valence-electron chi connectivity index (χ1n) is 6.55. The van der Waals surface area contributed by atoms with Gasteiger partial charge in [-0.3, -0.25) is 4.79 Å². The van der Waals surface area contributed by atoms with Crippen molar-refractivity contribution < 1.29 is 9.90 Å². The van der Waals surface area contributed by atoms with Crippen molar-refractivity contribution in [3.63, 3.8) is 0 Å². The predicted molar refractivity (Wildman–Crippen MR) is 80.9 cm³/mol. The van der Waals surface area contributed by atoms with Crippen LogP contribution in [0.1, 0.15) is 21.7 Å². The number of phenols is 1. The van der Waals surface area contributed by atoms with Crippen molar-refractivity contribution >= 4 is 22.8 Å². The number of carbonyl (C=O) groups is 1. The second-order valence-electron chi connectivity index (χ2n) is 4.75. The van der Waals surface area contributed by atoms with Crippen molar-refractivity contribution in [2.45, 2.75) is 6.42 Å². The minimum atomic E-state index is 0.112. The molecule has 3 rings (SSSR count). The Morgan fingerprint density at radius 2 is 2.00 bits per heavy atom. The van der Waals surface area contributed by atoms with E-state index in [0.29, 0.717) is 6.54 Å². The van der Waals surface area contributed by atoms with Crippen LogP contribution in [0.3, 0.4) is 0 Å². The first-order chi connectivity index (χ1) is 9.74. The maximum atomic E-state index is 12.2. The van der Waals surface area contributed by atoms with E-state index in [1.54, 1.807) is 12.1 Å². The lowest BCUT2D eigenvalue weighted by Gasteiger charge is -2.26. The molecule has 1 aliphatic rings. The number of aromatic hydroxyl groups is 1. The molecule has 1 aliphatic heterocycles. The zero-order chi connectivity index (χ0) is 13.9. The van der Waals surface area contributed by atoms with Gasteiger partial charge in [0, 0.05) is 13.1 Å². The molecule has 0 atom stereocenters. The highest BCUT2D eigenvalue weighted by Gasteiger charge is 2.19. The van der Waals surface area contributed by atoms with E-state index in [1.165, 1.54) is 16.9 Å². The van der Waals surface area contributed by atoms with Crippen LogP contribution in [0, 0.1) is 0 Å². The Bertz CT molecular complexity index is 629. The number of hydrogen-bond acceptors (Lipinski definition) is 3. The Hall–Kier alpha value is -2.07. The van der Waals surface area contributed by atoms with Gasteiger partial charge in [-0.25, -0.2) is 0 Å². The van der Waals surface area contributed by atoms with Gasteiger partial charge < -0.3 is 10.0 Å². The van der Waals surface area contributed by atoms with E-state index < -0.39 is 0 Å². The van der Waals surface area contributed by atoms with Gasteiger partial charge in [0.1, 0.15) is 5.75 Å². The number of benzene rings is 1. The molecule has 0 unspecified atom stereocenters. The minimum absolute atomic E-state index is 0.112. The SMILES string of the molecule is O=C(c1cccs1)N1CC=C(c2ccc(O)cc2)CC1. The van der Waals surface area contributed by atoms with Gasteiger partial charge in [-0.05, 0) is 41.1 Å². The number of rotatable bonds is 2. The Morgan fingerprint density at radius 1 is 1.20 bits per heavy atom. The maximum absolute atomic E-state index is 12.2. The van der Waals surface area contributed by atoms with Crippen molar-refractivity contribution in [1.29, 1.82) is 0 Å². The second-order valence-corrected chi connectivity index (χ2v) is 5.70. The third-order valence-electron chi connectivity index (χ3n) is 3.47. The highest BCUT2D eigenvalue weighted by molar-refractivity contribution is 7.12. The number of hydrogen-bond donors (Lipinski definition) is 1. The lowest BCUT2D eigenvalue weighted by molar-refractivity contribution is 0.0777. The number of nitrogens with zero attached hydrogens (tertiary/aromatic N) is 1. The summed E-state index contributed by atoms with van der Waals surface area (Å²) in [6.45, 7) is 1.39. The van der Waals surface area contributed by atoms with Crippen molar-refractivity contribution in [3.05, 3.63) is 58.3 Å². The van der Waals surface area contributed by atoms with E-state index in [1.807, 2.05) is 34.5 Å². The third kappa shape index (κ3) is 2.60. The molecule has 102 valence electrons. The van der Waals surface area contributed by atoms with E-state index >= 15 is 0 Å². The van der Waals surface area contributed by atoms with Crippen LogP contribution >= 0.6 is 11.3 Å². The van der Waals surface area contributed by atoms with Gasteiger partial charge in [0.15, 0.2) is 0 Å². The molecular formula is C16H15NO2S. The Morgan fingerprint density at radius 3 is 2.60 bits per heavy atom. The second kappa shape index (κ2) is 5.51. The fourth-order valence-corrected chi connectivity index (χ4v) is 3.04. The zero-order valence-corrected chi connectivity index (χ0v) is 11.8. The summed E-state index contributed by atoms with van der Waals surface area (Å²) in [6.07, 6.45) is 2.95. The van der Waals surface area contributed by atoms with Gasteiger partial charge in [-0.1, -0.05) is 24.3 Å². The van der Waals surface area contributed by atoms with Crippen LogP contribution in [-0.2, 0) is 0 Å². The van der Waals surface area contributed by atoms with Crippen LogP contribution in [0.25, 0.3) is 5.57 Å². The van der Waals surface area contributed by atoms with Crippen molar-refractivity contribution in [2.75, 3.05) is 13.1 Å². The number of thiophene rings is 1. The van der Waals surface area contributed by atoms with E-state index in [-0.39, 0.29) is 11.7 Å². The van der Waals surface area contributed by atoms with Crippen molar-refractivity contribution in [3.8, 4) is 5.75 Å². The molecule has 1 N–H and O–H groups in total. The molecule has 0 saturated carbocycles. The van der Waals surface area contributed by atoms with Gasteiger partial charge in [0.05, 0.1) is 4.88 Å². The topological polar surface area (TPSA) is 40.5 Å². The molecule has 1 aromatic heterocycles. The summed E-state index contributed by atoms with van der Waals surface area (Å²) >= 11 is 1.48. The highest BCUT2D eigenvalue weighted by Crippen LogP contribution is 2.25. The molecule has 0 fully saturated rings. The molecule has 0 spiro atoms. The van der Waals surface area contributed by atoms with Gasteiger partial charge in [0.25, 0.3) is 5.91 Å². The predicted octanol–water partition coefficient (Wildman–Crippen LogP) is 3.38. The average molecular weight is 285 g/mol. The van der Waals surface area contributed by atoms with Crippen LogP contribution in [0.5, 0.6) is 5.75 Å². The van der Waals surface area contributed by atoms with E-state index in [4.69, 9.17) is 0 Å². The average Bonchev–Trinajstić information content (AvgIpc) is 3.02. The Balaban J connectivity index is 1.72. The molecule has 3 nitrogen and oxygen atoms in total. The molecule has 0 bridgehead atoms. The summed E-state index contributed by atoms with van der Waals surface area (Å²) in [5.74, 6) is 0.390. The van der Waals surface area contributed by atoms with E-state index in [0.717, 1.165) is 23.4 Å². The molecule has 2 heterocycles. The van der Waals surface area contributed by atoms with Gasteiger partial charge in [-0.15, -0.1) is 11.3 Å². The molecule has 20 heavy (non-hydrogen) atoms. The summed E-state index contributed by atoms with van der Waals surface area (Å²) in [6, 6.07) is 11.0. The van der Waals surface area contributed by atoms with Crippen LogP contribution in [0.15, 0.2) is 47.9 Å². The van der Waals surface area contributed by atoms with Gasteiger partial charge >= 0.3 is 0 Å². The van der Waals surface area contributed by atoms with Crippen LogP contribution in [0.2, 0.25) is 0 Å². The fraction of sp³-hybridized carbons (Fsp3) is 0.188. The van der Waals surface area contributed by atoms with Crippen molar-refractivity contribution in [2.24, 2.45) is 0 Å². The maximum Gasteiger partial charge on any atom is 0.264 e. The molecule has 1 amide bonds. The smallest absolute Gasteiger partial charge is 0.264 e. The molecule has 2 aromatic rings. The lowest BCUT2D eigenvalue weighted by atomic mass is 9.99. The van der Waals surface area contributed by atoms with Crippen LogP contribution in [-0.4, -0.2) is 29.0 Å². The van der Waals surface area contributed by atoms with Gasteiger partial charge in [0.2, 0.25) is 0 Å². The summed E-state index contributed by atoms with van der Waals surface area (Å²) in [5, 5.41) is 11.2. The molecule has 0 saturated heterocycles. The first-order valence-corrected chi connectivity index (χ1v) is 7.43. The fourth-order valence-electron chi connectivity index (χ4n) is 2.35. The first kappa shape index (κ1) is 12.9. The monoisotopic (exact) mass is 285 g/mol. The van der Waals surface area contributed by atoms with Gasteiger partial charge in [-0.2, -0.15) is 0 Å². The van der Waals surface area contributed by atoms with Crippen LogP contribution in [0.4, 0.5) is 0 Å². The normalized spacial score (nSPS) is 15.0. The summed E-state index contributed by atoms with van der Waals surface area (Å²) < 4.78 is 0. The molecule has 0 radical (unpaired) electrons. The van der Waals surface area contributed by atoms with Crippen molar-refractivity contribution in [1.82, 2.24) is 4.90 Å². The summed E-state index contributed by atoms with van der Waals surface area (Å²) in [7, 11) is 0. The standard InChI is InChI=1S/C16H15NO2S/c18-14-5-3-12(4-6-14)13-7-9-17(10-8-13)16(19)15-2-1-11-20-15/h1-7,11,18H,8-10H2. The highest BCUT2D eigenvalue weighted by atomic mass is 32.1. The Kier molecular flexibility index (Phi) is 3.56. The summed E-state index contributed by atoms with van der Waals surface area (Å²) in [5.41, 5.74) is 2.35. The minimum Gasteiger partial charge on any atom is -0.508 e. The third-order valence-corrected chi connectivity index (χ3v) is 4.32.